The molecule has 3 nitrogen and oxygen atoms in total. The van der Waals surface area contributed by atoms with Crippen molar-refractivity contribution in [3.05, 3.63) is 12.2 Å². The molecule has 1 amide bonds. The van der Waals surface area contributed by atoms with E-state index in [1.165, 1.54) is 0 Å². The largest absolute Gasteiger partial charge is 0.366 e. The van der Waals surface area contributed by atoms with Crippen LogP contribution in [0.4, 0.5) is 0 Å². The van der Waals surface area contributed by atoms with Crippen LogP contribution in [0.3, 0.4) is 0 Å². The zero-order valence-electron chi connectivity index (χ0n) is 7.97. The second-order valence-corrected chi connectivity index (χ2v) is 2.84. The third-order valence-corrected chi connectivity index (χ3v) is 1.75. The predicted octanol–water partition coefficient (Wildman–Crippen LogP) is 0.760. The van der Waals surface area contributed by atoms with Crippen LogP contribution in [0.1, 0.15) is 20.3 Å². The lowest BCUT2D eigenvalue weighted by molar-refractivity contribution is -0.114. The summed E-state index contributed by atoms with van der Waals surface area (Å²) >= 11 is 0. The van der Waals surface area contributed by atoms with Gasteiger partial charge in [0, 0.05) is 12.1 Å². The quantitative estimate of drug-likeness (QED) is 0.598. The number of nitrogens with two attached hydrogens (primary N) is 1. The van der Waals surface area contributed by atoms with Gasteiger partial charge in [0.25, 0.3) is 0 Å². The van der Waals surface area contributed by atoms with Crippen molar-refractivity contribution in [3.8, 4) is 0 Å². The van der Waals surface area contributed by atoms with Crippen LogP contribution in [0.15, 0.2) is 12.2 Å². The van der Waals surface area contributed by atoms with Gasteiger partial charge in [-0.3, -0.25) is 9.69 Å². The molecule has 0 atom stereocenters. The van der Waals surface area contributed by atoms with Crippen LogP contribution in [-0.4, -0.2) is 30.4 Å². The molecule has 0 aliphatic carbocycles. The maximum absolute atomic E-state index is 10.7. The summed E-state index contributed by atoms with van der Waals surface area (Å²) < 4.78 is 0. The third-order valence-electron chi connectivity index (χ3n) is 1.75. The van der Waals surface area contributed by atoms with E-state index < -0.39 is 5.91 Å². The maximum atomic E-state index is 10.7. The normalized spacial score (nSPS) is 10.2. The van der Waals surface area contributed by atoms with E-state index in [1.54, 1.807) is 0 Å². The number of hydrogen-bond acceptors (Lipinski definition) is 2. The van der Waals surface area contributed by atoms with Gasteiger partial charge in [-0.2, -0.15) is 0 Å². The molecule has 70 valence electrons. The van der Waals surface area contributed by atoms with E-state index in [9.17, 15) is 4.79 Å². The van der Waals surface area contributed by atoms with Crippen LogP contribution in [0.2, 0.25) is 0 Å². The summed E-state index contributed by atoms with van der Waals surface area (Å²) in [6.07, 6.45) is 1.08. The highest BCUT2D eigenvalue weighted by atomic mass is 16.1. The SMILES string of the molecule is C=C(CN(CC)CCC)C(N)=O. The lowest BCUT2D eigenvalue weighted by atomic mass is 10.2. The lowest BCUT2D eigenvalue weighted by Gasteiger charge is -2.19. The molecule has 0 aliphatic heterocycles. The van der Waals surface area contributed by atoms with E-state index in [4.69, 9.17) is 5.73 Å². The standard InChI is InChI=1S/C9H18N2O/c1-4-6-11(5-2)7-8(3)9(10)12/h3-7H2,1-2H3,(H2,10,12). The molecule has 0 aromatic heterocycles. The summed E-state index contributed by atoms with van der Waals surface area (Å²) in [6.45, 7) is 10.3. The summed E-state index contributed by atoms with van der Waals surface area (Å²) in [5.74, 6) is -0.399. The molecular formula is C9H18N2O. The van der Waals surface area contributed by atoms with Crippen molar-refractivity contribution in [2.24, 2.45) is 5.73 Å². The second kappa shape index (κ2) is 5.77. The first kappa shape index (κ1) is 11.2. The van der Waals surface area contributed by atoms with E-state index in [0.29, 0.717) is 12.1 Å². The molecule has 0 unspecified atom stereocenters. The number of nitrogens with zero attached hydrogens (tertiary/aromatic N) is 1. The Morgan fingerprint density at radius 3 is 2.42 bits per heavy atom. The number of carbonyl (C=O) groups excluding carboxylic acids is 1. The molecule has 0 aromatic rings. The smallest absolute Gasteiger partial charge is 0.245 e. The fourth-order valence-corrected chi connectivity index (χ4v) is 1.01. The van der Waals surface area contributed by atoms with Gasteiger partial charge in [0.2, 0.25) is 5.91 Å². The fourth-order valence-electron chi connectivity index (χ4n) is 1.01. The van der Waals surface area contributed by atoms with Crippen molar-refractivity contribution >= 4 is 5.91 Å². The monoisotopic (exact) mass is 170 g/mol. The number of likely N-dealkylation sites (N-methyl/N-ethyl adjacent to an activating group) is 1. The van der Waals surface area contributed by atoms with Crippen molar-refractivity contribution < 1.29 is 4.79 Å². The second-order valence-electron chi connectivity index (χ2n) is 2.84. The van der Waals surface area contributed by atoms with Gasteiger partial charge in [-0.1, -0.05) is 20.4 Å². The highest BCUT2D eigenvalue weighted by Crippen LogP contribution is 1.96. The third kappa shape index (κ3) is 4.13. The Morgan fingerprint density at radius 2 is 2.08 bits per heavy atom. The predicted molar refractivity (Wildman–Crippen MR) is 50.7 cm³/mol. The fraction of sp³-hybridized carbons (Fsp3) is 0.667. The van der Waals surface area contributed by atoms with Crippen molar-refractivity contribution in [1.29, 1.82) is 0 Å². The van der Waals surface area contributed by atoms with E-state index in [-0.39, 0.29) is 0 Å². The minimum absolute atomic E-state index is 0.399. The molecule has 0 fully saturated rings. The molecule has 2 N–H and O–H groups in total. The molecule has 3 heteroatoms. The van der Waals surface area contributed by atoms with Gasteiger partial charge in [0.15, 0.2) is 0 Å². The first-order chi connectivity index (χ1) is 5.61. The Balaban J connectivity index is 3.85. The Kier molecular flexibility index (Phi) is 5.37. The van der Waals surface area contributed by atoms with Crippen molar-refractivity contribution in [3.63, 3.8) is 0 Å². The van der Waals surface area contributed by atoms with Crippen molar-refractivity contribution in [1.82, 2.24) is 4.90 Å². The molecule has 0 aliphatic rings. The summed E-state index contributed by atoms with van der Waals surface area (Å²) in [7, 11) is 0. The first-order valence-electron chi connectivity index (χ1n) is 4.31. The Hall–Kier alpha value is -0.830. The number of primary amides is 1. The van der Waals surface area contributed by atoms with Gasteiger partial charge in [-0.15, -0.1) is 0 Å². The van der Waals surface area contributed by atoms with Crippen LogP contribution in [0.25, 0.3) is 0 Å². The van der Waals surface area contributed by atoms with E-state index in [2.05, 4.69) is 25.3 Å². The van der Waals surface area contributed by atoms with Crippen LogP contribution in [0.5, 0.6) is 0 Å². The molecule has 12 heavy (non-hydrogen) atoms. The molecule has 0 bridgehead atoms. The summed E-state index contributed by atoms with van der Waals surface area (Å²) in [4.78, 5) is 12.8. The van der Waals surface area contributed by atoms with E-state index >= 15 is 0 Å². The van der Waals surface area contributed by atoms with E-state index in [1.807, 2.05) is 0 Å². The van der Waals surface area contributed by atoms with Gasteiger partial charge in [0.05, 0.1) is 0 Å². The zero-order valence-corrected chi connectivity index (χ0v) is 7.97. The molecular weight excluding hydrogens is 152 g/mol. The Bertz CT molecular complexity index is 166. The minimum atomic E-state index is -0.399. The molecule has 0 rings (SSSR count). The van der Waals surface area contributed by atoms with Gasteiger partial charge < -0.3 is 5.73 Å². The summed E-state index contributed by atoms with van der Waals surface area (Å²) in [6, 6.07) is 0. The summed E-state index contributed by atoms with van der Waals surface area (Å²) in [5, 5.41) is 0. The van der Waals surface area contributed by atoms with Crippen LogP contribution in [-0.2, 0) is 4.79 Å². The Labute approximate surface area is 74.2 Å². The van der Waals surface area contributed by atoms with Crippen LogP contribution < -0.4 is 5.73 Å². The van der Waals surface area contributed by atoms with Gasteiger partial charge in [-0.05, 0) is 19.5 Å². The average Bonchev–Trinajstić information content (AvgIpc) is 2.03. The van der Waals surface area contributed by atoms with Crippen molar-refractivity contribution in [2.45, 2.75) is 20.3 Å². The van der Waals surface area contributed by atoms with Gasteiger partial charge in [-0.25, -0.2) is 0 Å². The zero-order chi connectivity index (χ0) is 9.56. The topological polar surface area (TPSA) is 46.3 Å². The number of amides is 1. The molecule has 0 aromatic carbocycles. The molecule has 0 heterocycles. The van der Waals surface area contributed by atoms with Gasteiger partial charge >= 0.3 is 0 Å². The number of carbonyl (C=O) groups is 1. The maximum Gasteiger partial charge on any atom is 0.245 e. The lowest BCUT2D eigenvalue weighted by Crippen LogP contribution is -2.30. The highest BCUT2D eigenvalue weighted by Gasteiger charge is 2.06. The molecule has 0 saturated carbocycles. The highest BCUT2D eigenvalue weighted by molar-refractivity contribution is 5.91. The van der Waals surface area contributed by atoms with Gasteiger partial charge in [0.1, 0.15) is 0 Å². The Morgan fingerprint density at radius 1 is 1.50 bits per heavy atom. The van der Waals surface area contributed by atoms with Crippen LogP contribution in [0, 0.1) is 0 Å². The van der Waals surface area contributed by atoms with Crippen LogP contribution >= 0.6 is 0 Å². The number of hydrogen-bond donors (Lipinski definition) is 1. The molecule has 0 spiro atoms. The minimum Gasteiger partial charge on any atom is -0.366 e. The molecule has 0 saturated heterocycles. The summed E-state index contributed by atoms with van der Waals surface area (Å²) in [5.41, 5.74) is 5.56. The average molecular weight is 170 g/mol. The number of rotatable bonds is 6. The van der Waals surface area contributed by atoms with Crippen molar-refractivity contribution in [2.75, 3.05) is 19.6 Å². The van der Waals surface area contributed by atoms with E-state index in [0.717, 1.165) is 19.5 Å². The molecule has 0 radical (unpaired) electrons. The first-order valence-corrected chi connectivity index (χ1v) is 4.31.